The molecule has 5 heterocycles. The van der Waals surface area contributed by atoms with E-state index in [0.29, 0.717) is 37.8 Å². The fourth-order valence-corrected chi connectivity index (χ4v) is 10.0. The Kier molecular flexibility index (Phi) is 4.16. The highest BCUT2D eigenvalue weighted by Gasteiger charge is 2.83. The predicted octanol–water partition coefficient (Wildman–Crippen LogP) is 2.77. The fourth-order valence-electron chi connectivity index (χ4n) is 10.0. The molecule has 2 aromatic carbocycles. The average Bonchev–Trinajstić information content (AvgIpc) is 3.66. The summed E-state index contributed by atoms with van der Waals surface area (Å²) in [6.45, 7) is 3.26. The summed E-state index contributed by atoms with van der Waals surface area (Å²) in [6.07, 6.45) is 5.93. The van der Waals surface area contributed by atoms with Gasteiger partial charge in [0.15, 0.2) is 11.5 Å². The number of aromatic hydroxyl groups is 1. The molecule has 7 heteroatoms. The molecule has 2 N–H and O–H groups in total. The van der Waals surface area contributed by atoms with Crippen LogP contribution in [0.25, 0.3) is 0 Å². The number of phenolic OH excluding ortho intramolecular Hbond substituents is 1. The van der Waals surface area contributed by atoms with Crippen molar-refractivity contribution in [3.8, 4) is 11.5 Å². The standard InChI is InChI=1S/C31H35N3O4/c35-22-9-8-21-14-24-31-11-10-30(37,23-15-25(36)33(18-34(23)31)17-19-4-2-1-3-5-19)28-29(31,26(21)27(22)38-28)12-13-32(24)16-20-6-7-20/h1-5,8-9,20,23-24,28,35,37H,6-7,10-18H2/t23-,24?,28?,29?,30-,31-/m1/s1. The van der Waals surface area contributed by atoms with Crippen molar-refractivity contribution in [1.82, 2.24) is 14.7 Å². The average molecular weight is 514 g/mol. The Bertz CT molecular complexity index is 1360. The molecule has 38 heavy (non-hydrogen) atoms. The molecule has 6 atom stereocenters. The second-order valence-corrected chi connectivity index (χ2v) is 13.1. The van der Waals surface area contributed by atoms with Gasteiger partial charge in [0, 0.05) is 31.1 Å². The van der Waals surface area contributed by atoms with E-state index in [1.165, 1.54) is 18.4 Å². The Morgan fingerprint density at radius 3 is 2.66 bits per heavy atom. The summed E-state index contributed by atoms with van der Waals surface area (Å²) in [5.74, 6) is 1.68. The van der Waals surface area contributed by atoms with Gasteiger partial charge < -0.3 is 19.8 Å². The van der Waals surface area contributed by atoms with Crippen molar-refractivity contribution in [1.29, 1.82) is 0 Å². The zero-order valence-corrected chi connectivity index (χ0v) is 21.7. The Balaban J connectivity index is 1.23. The third kappa shape index (κ3) is 2.46. The van der Waals surface area contributed by atoms with Crippen molar-refractivity contribution >= 4 is 5.91 Å². The maximum absolute atomic E-state index is 13.6. The Hall–Kier alpha value is -2.61. The first-order valence-corrected chi connectivity index (χ1v) is 14.5. The highest BCUT2D eigenvalue weighted by molar-refractivity contribution is 5.78. The van der Waals surface area contributed by atoms with Crippen molar-refractivity contribution in [3.05, 3.63) is 59.2 Å². The van der Waals surface area contributed by atoms with Crippen molar-refractivity contribution in [2.75, 3.05) is 19.8 Å². The number of nitrogens with zero attached hydrogens (tertiary/aromatic N) is 3. The van der Waals surface area contributed by atoms with Gasteiger partial charge in [0.2, 0.25) is 5.91 Å². The molecule has 0 aromatic heterocycles. The molecule has 3 aliphatic carbocycles. The smallest absolute Gasteiger partial charge is 0.225 e. The largest absolute Gasteiger partial charge is 0.504 e. The van der Waals surface area contributed by atoms with Gasteiger partial charge in [0.25, 0.3) is 0 Å². The summed E-state index contributed by atoms with van der Waals surface area (Å²) in [4.78, 5) is 20.9. The fraction of sp³-hybridized carbons (Fsp3) is 0.581. The van der Waals surface area contributed by atoms with Gasteiger partial charge in [0.05, 0.1) is 23.7 Å². The van der Waals surface area contributed by atoms with Crippen LogP contribution in [0.5, 0.6) is 11.5 Å². The van der Waals surface area contributed by atoms with Crippen LogP contribution in [0.4, 0.5) is 0 Å². The summed E-state index contributed by atoms with van der Waals surface area (Å²) in [6, 6.07) is 14.2. The highest BCUT2D eigenvalue weighted by atomic mass is 16.5. The number of aliphatic hydroxyl groups is 1. The van der Waals surface area contributed by atoms with Crippen LogP contribution in [-0.4, -0.2) is 79.9 Å². The third-order valence-corrected chi connectivity index (χ3v) is 11.6. The van der Waals surface area contributed by atoms with E-state index in [1.807, 2.05) is 23.1 Å². The second-order valence-electron chi connectivity index (χ2n) is 13.1. The summed E-state index contributed by atoms with van der Waals surface area (Å²) < 4.78 is 6.71. The number of benzene rings is 2. The zero-order chi connectivity index (χ0) is 25.4. The van der Waals surface area contributed by atoms with E-state index in [1.54, 1.807) is 6.07 Å². The first-order chi connectivity index (χ1) is 18.5. The van der Waals surface area contributed by atoms with Crippen LogP contribution < -0.4 is 4.74 Å². The van der Waals surface area contributed by atoms with Gasteiger partial charge in [-0.3, -0.25) is 14.6 Å². The molecule has 8 aliphatic rings. The summed E-state index contributed by atoms with van der Waals surface area (Å²) >= 11 is 0. The van der Waals surface area contributed by atoms with E-state index in [4.69, 9.17) is 4.74 Å². The monoisotopic (exact) mass is 513 g/mol. The summed E-state index contributed by atoms with van der Waals surface area (Å²) in [5, 5.41) is 23.5. The molecule has 2 spiro atoms. The number of hydrogen-bond acceptors (Lipinski definition) is 6. The minimum absolute atomic E-state index is 0.108. The maximum atomic E-state index is 13.6. The van der Waals surface area contributed by atoms with Gasteiger partial charge in [0.1, 0.15) is 11.7 Å². The molecule has 198 valence electrons. The summed E-state index contributed by atoms with van der Waals surface area (Å²) in [7, 11) is 0. The van der Waals surface area contributed by atoms with Crippen LogP contribution in [-0.2, 0) is 23.2 Å². The minimum Gasteiger partial charge on any atom is -0.504 e. The SMILES string of the molecule is O=C1C[C@H]2N(CN1Cc1ccccc1)[C@@]13CC[C@]2(O)C2Oc4c(O)ccc5c4C21CCN(CC1CC1)C3C5. The number of carbonyl (C=O) groups is 1. The Labute approximate surface area is 223 Å². The van der Waals surface area contributed by atoms with Gasteiger partial charge in [-0.1, -0.05) is 36.4 Å². The van der Waals surface area contributed by atoms with Crippen LogP contribution in [0.15, 0.2) is 42.5 Å². The predicted molar refractivity (Wildman–Crippen MR) is 140 cm³/mol. The van der Waals surface area contributed by atoms with Crippen LogP contribution in [0, 0.1) is 5.92 Å². The normalized spacial score (nSPS) is 40.6. The zero-order valence-electron chi connectivity index (χ0n) is 21.7. The van der Waals surface area contributed by atoms with Gasteiger partial charge in [-0.05, 0) is 68.2 Å². The Morgan fingerprint density at radius 2 is 1.84 bits per heavy atom. The molecule has 4 saturated heterocycles. The number of phenols is 1. The summed E-state index contributed by atoms with van der Waals surface area (Å²) in [5.41, 5.74) is 1.84. The topological polar surface area (TPSA) is 76.5 Å². The van der Waals surface area contributed by atoms with E-state index in [-0.39, 0.29) is 28.7 Å². The van der Waals surface area contributed by atoms with Crippen LogP contribution in [0.1, 0.15) is 55.2 Å². The Morgan fingerprint density at radius 1 is 1.00 bits per heavy atom. The molecule has 2 aromatic rings. The lowest BCUT2D eigenvalue weighted by Gasteiger charge is -2.77. The lowest BCUT2D eigenvalue weighted by Crippen LogP contribution is -2.92. The van der Waals surface area contributed by atoms with Crippen LogP contribution >= 0.6 is 0 Å². The molecule has 2 saturated carbocycles. The van der Waals surface area contributed by atoms with Gasteiger partial charge in [-0.15, -0.1) is 0 Å². The minimum atomic E-state index is -1.13. The van der Waals surface area contributed by atoms with Gasteiger partial charge >= 0.3 is 0 Å². The molecular weight excluding hydrogens is 478 g/mol. The van der Waals surface area contributed by atoms with Gasteiger partial charge in [-0.25, -0.2) is 0 Å². The van der Waals surface area contributed by atoms with Gasteiger partial charge in [-0.2, -0.15) is 0 Å². The van der Waals surface area contributed by atoms with Crippen molar-refractivity contribution < 1.29 is 19.7 Å². The molecule has 3 unspecified atom stereocenters. The van der Waals surface area contributed by atoms with Crippen LogP contribution in [0.2, 0.25) is 0 Å². The van der Waals surface area contributed by atoms with Crippen molar-refractivity contribution in [2.24, 2.45) is 5.92 Å². The molecule has 1 amide bonds. The van der Waals surface area contributed by atoms with Crippen LogP contribution in [0.3, 0.4) is 0 Å². The molecule has 0 radical (unpaired) electrons. The number of ether oxygens (including phenoxy) is 1. The molecule has 10 rings (SSSR count). The number of hydrogen-bond donors (Lipinski definition) is 2. The second kappa shape index (κ2) is 7.12. The van der Waals surface area contributed by atoms with Crippen molar-refractivity contribution in [3.63, 3.8) is 0 Å². The molecule has 4 bridgehead atoms. The molecule has 6 fully saturated rings. The first kappa shape index (κ1) is 22.2. The molecule has 7 nitrogen and oxygen atoms in total. The van der Waals surface area contributed by atoms with E-state index >= 15 is 0 Å². The highest BCUT2D eigenvalue weighted by Crippen LogP contribution is 2.72. The maximum Gasteiger partial charge on any atom is 0.225 e. The number of fused-ring (bicyclic) bond motifs is 1. The van der Waals surface area contributed by atoms with E-state index in [9.17, 15) is 15.0 Å². The number of likely N-dealkylation sites (tertiary alicyclic amines) is 1. The lowest BCUT2D eigenvalue weighted by atomic mass is 9.40. The number of amides is 1. The van der Waals surface area contributed by atoms with E-state index in [2.05, 4.69) is 28.0 Å². The quantitative estimate of drug-likeness (QED) is 0.655. The molecule has 5 aliphatic heterocycles. The van der Waals surface area contributed by atoms with E-state index < -0.39 is 11.7 Å². The first-order valence-electron chi connectivity index (χ1n) is 14.5. The molecular formula is C31H35N3O4. The number of rotatable bonds is 4. The van der Waals surface area contributed by atoms with E-state index in [0.717, 1.165) is 49.4 Å². The number of piperidine rings is 3. The number of carbonyl (C=O) groups excluding carboxylic acids is 1. The van der Waals surface area contributed by atoms with Crippen molar-refractivity contribution in [2.45, 2.75) is 86.2 Å². The lowest BCUT2D eigenvalue weighted by molar-refractivity contribution is -0.304. The third-order valence-electron chi connectivity index (χ3n) is 11.6.